The molecule has 0 spiro atoms. The van der Waals surface area contributed by atoms with E-state index in [9.17, 15) is 9.59 Å². The molecule has 14 heavy (non-hydrogen) atoms. The average molecular weight is 263 g/mol. The molecule has 0 saturated heterocycles. The van der Waals surface area contributed by atoms with Crippen LogP contribution in [0.1, 0.15) is 13.3 Å². The van der Waals surface area contributed by atoms with Gasteiger partial charge in [-0.25, -0.2) is 4.79 Å². The predicted octanol–water partition coefficient (Wildman–Crippen LogP) is 0.0700. The van der Waals surface area contributed by atoms with Crippen LogP contribution in [0.15, 0.2) is 20.3 Å². The zero-order valence-corrected chi connectivity index (χ0v) is 9.24. The fraction of sp³-hybridized carbons (Fsp3) is 0.500. The van der Waals surface area contributed by atoms with Crippen LogP contribution in [0.25, 0.3) is 0 Å². The molecule has 1 atom stereocenters. The van der Waals surface area contributed by atoms with E-state index in [2.05, 4.69) is 20.9 Å². The van der Waals surface area contributed by atoms with E-state index in [1.165, 1.54) is 6.20 Å². The first-order chi connectivity index (χ1) is 6.52. The molecule has 0 fully saturated rings. The molecular weight excluding hydrogens is 252 g/mol. The van der Waals surface area contributed by atoms with Crippen molar-refractivity contribution in [2.24, 2.45) is 0 Å². The number of rotatable bonds is 3. The van der Waals surface area contributed by atoms with Crippen LogP contribution in [-0.4, -0.2) is 20.8 Å². The second-order valence-corrected chi connectivity index (χ2v) is 3.89. The molecule has 0 radical (unpaired) electrons. The summed E-state index contributed by atoms with van der Waals surface area (Å²) in [5, 5.41) is 9.03. The van der Waals surface area contributed by atoms with Crippen LogP contribution in [0.2, 0.25) is 0 Å². The molecule has 1 aromatic heterocycles. The third-order valence-corrected chi connectivity index (χ3v) is 2.36. The maximum atomic E-state index is 11.4. The van der Waals surface area contributed by atoms with Crippen LogP contribution in [-0.2, 0) is 6.54 Å². The van der Waals surface area contributed by atoms with Gasteiger partial charge in [-0.05, 0) is 29.3 Å². The van der Waals surface area contributed by atoms with Crippen molar-refractivity contribution in [3.63, 3.8) is 0 Å². The number of aliphatic hydroxyl groups excluding tert-OH is 1. The fourth-order valence-corrected chi connectivity index (χ4v) is 1.33. The number of H-pyrrole nitrogens is 1. The maximum Gasteiger partial charge on any atom is 0.328 e. The Morgan fingerprint density at radius 2 is 2.29 bits per heavy atom. The molecule has 1 rings (SSSR count). The molecule has 0 aromatic carbocycles. The molecular formula is C8H11BrN2O3. The van der Waals surface area contributed by atoms with Crippen molar-refractivity contribution in [1.82, 2.24) is 9.55 Å². The second-order valence-electron chi connectivity index (χ2n) is 3.04. The number of aromatic nitrogens is 2. The van der Waals surface area contributed by atoms with Gasteiger partial charge in [-0.1, -0.05) is 0 Å². The number of aliphatic hydroxyl groups is 1. The Balaban J connectivity index is 3.02. The van der Waals surface area contributed by atoms with E-state index >= 15 is 0 Å². The highest BCUT2D eigenvalue weighted by molar-refractivity contribution is 9.10. The van der Waals surface area contributed by atoms with Gasteiger partial charge in [-0.15, -0.1) is 0 Å². The summed E-state index contributed by atoms with van der Waals surface area (Å²) in [7, 11) is 0. The van der Waals surface area contributed by atoms with E-state index in [0.29, 0.717) is 10.9 Å². The molecule has 0 aliphatic carbocycles. The smallest absolute Gasteiger partial charge is 0.328 e. The number of nitrogens with zero attached hydrogens (tertiary/aromatic N) is 1. The molecule has 6 heteroatoms. The number of hydrogen-bond donors (Lipinski definition) is 2. The summed E-state index contributed by atoms with van der Waals surface area (Å²) in [6, 6.07) is 0. The molecule has 0 aliphatic rings. The SMILES string of the molecule is CC(O)CCn1c(=O)[nH]cc(Br)c1=O. The highest BCUT2D eigenvalue weighted by Gasteiger charge is 2.05. The third kappa shape index (κ3) is 2.55. The molecule has 0 aliphatic heterocycles. The fourth-order valence-electron chi connectivity index (χ4n) is 1.00. The van der Waals surface area contributed by atoms with Crippen molar-refractivity contribution in [2.75, 3.05) is 0 Å². The highest BCUT2D eigenvalue weighted by atomic mass is 79.9. The van der Waals surface area contributed by atoms with Gasteiger partial charge in [-0.2, -0.15) is 0 Å². The Labute approximate surface area is 88.5 Å². The van der Waals surface area contributed by atoms with Gasteiger partial charge >= 0.3 is 5.69 Å². The van der Waals surface area contributed by atoms with Crippen LogP contribution >= 0.6 is 15.9 Å². The van der Waals surface area contributed by atoms with Crippen LogP contribution in [0.4, 0.5) is 0 Å². The Hall–Kier alpha value is -0.880. The van der Waals surface area contributed by atoms with Gasteiger partial charge < -0.3 is 10.1 Å². The molecule has 78 valence electrons. The van der Waals surface area contributed by atoms with Gasteiger partial charge in [0.2, 0.25) is 0 Å². The predicted molar refractivity (Wildman–Crippen MR) is 55.3 cm³/mol. The van der Waals surface area contributed by atoms with Gasteiger partial charge in [0.05, 0.1) is 10.6 Å². The standard InChI is InChI=1S/C8H11BrN2O3/c1-5(12)2-3-11-7(13)6(9)4-10-8(11)14/h4-5,12H,2-3H2,1H3,(H,10,14). The Morgan fingerprint density at radius 3 is 2.86 bits per heavy atom. The molecule has 1 heterocycles. The number of aromatic amines is 1. The van der Waals surface area contributed by atoms with Gasteiger partial charge in [0.15, 0.2) is 0 Å². The zero-order valence-electron chi connectivity index (χ0n) is 7.66. The minimum atomic E-state index is -0.528. The van der Waals surface area contributed by atoms with E-state index in [1.54, 1.807) is 6.92 Å². The van der Waals surface area contributed by atoms with E-state index in [4.69, 9.17) is 5.11 Å². The first-order valence-electron chi connectivity index (χ1n) is 4.18. The first-order valence-corrected chi connectivity index (χ1v) is 4.97. The van der Waals surface area contributed by atoms with E-state index < -0.39 is 11.8 Å². The zero-order chi connectivity index (χ0) is 10.7. The van der Waals surface area contributed by atoms with Gasteiger partial charge in [0, 0.05) is 12.7 Å². The van der Waals surface area contributed by atoms with Crippen LogP contribution in [0, 0.1) is 0 Å². The monoisotopic (exact) mass is 262 g/mol. The number of nitrogens with one attached hydrogen (secondary N) is 1. The minimum absolute atomic E-state index is 0.214. The molecule has 2 N–H and O–H groups in total. The van der Waals surface area contributed by atoms with Gasteiger partial charge in [-0.3, -0.25) is 9.36 Å². The molecule has 1 aromatic rings. The van der Waals surface area contributed by atoms with Crippen LogP contribution < -0.4 is 11.2 Å². The summed E-state index contributed by atoms with van der Waals surface area (Å²) in [5.74, 6) is 0. The third-order valence-electron chi connectivity index (χ3n) is 1.79. The average Bonchev–Trinajstić information content (AvgIpc) is 2.11. The summed E-state index contributed by atoms with van der Waals surface area (Å²) < 4.78 is 1.36. The Bertz CT molecular complexity index is 421. The quantitative estimate of drug-likeness (QED) is 0.810. The lowest BCUT2D eigenvalue weighted by Gasteiger charge is -2.05. The largest absolute Gasteiger partial charge is 0.393 e. The summed E-state index contributed by atoms with van der Waals surface area (Å²) in [5.41, 5.74) is -0.840. The van der Waals surface area contributed by atoms with Crippen LogP contribution in [0.3, 0.4) is 0 Å². The Morgan fingerprint density at radius 1 is 1.64 bits per heavy atom. The molecule has 0 amide bonds. The van der Waals surface area contributed by atoms with Crippen molar-refractivity contribution in [3.05, 3.63) is 31.5 Å². The van der Waals surface area contributed by atoms with E-state index in [0.717, 1.165) is 4.57 Å². The number of halogens is 1. The normalized spacial score (nSPS) is 12.8. The van der Waals surface area contributed by atoms with Crippen molar-refractivity contribution < 1.29 is 5.11 Å². The number of hydrogen-bond acceptors (Lipinski definition) is 3. The molecule has 0 saturated carbocycles. The van der Waals surface area contributed by atoms with Gasteiger partial charge in [0.25, 0.3) is 5.56 Å². The molecule has 5 nitrogen and oxygen atoms in total. The summed E-state index contributed by atoms with van der Waals surface area (Å²) >= 11 is 3.02. The lowest BCUT2D eigenvalue weighted by Crippen LogP contribution is -2.35. The highest BCUT2D eigenvalue weighted by Crippen LogP contribution is 1.97. The van der Waals surface area contributed by atoms with Crippen molar-refractivity contribution >= 4 is 15.9 Å². The van der Waals surface area contributed by atoms with E-state index in [1.807, 2.05) is 0 Å². The lowest BCUT2D eigenvalue weighted by molar-refractivity contribution is 0.177. The van der Waals surface area contributed by atoms with Gasteiger partial charge in [0.1, 0.15) is 0 Å². The summed E-state index contributed by atoms with van der Waals surface area (Å²) in [6.07, 6.45) is 1.16. The first kappa shape index (κ1) is 11.2. The minimum Gasteiger partial charge on any atom is -0.393 e. The summed E-state index contributed by atoms with van der Waals surface area (Å²) in [6.45, 7) is 1.82. The topological polar surface area (TPSA) is 75.1 Å². The van der Waals surface area contributed by atoms with Crippen molar-refractivity contribution in [3.8, 4) is 0 Å². The second kappa shape index (κ2) is 4.56. The van der Waals surface area contributed by atoms with Crippen LogP contribution in [0.5, 0.6) is 0 Å². The Kier molecular flexibility index (Phi) is 3.65. The van der Waals surface area contributed by atoms with E-state index in [-0.39, 0.29) is 12.1 Å². The maximum absolute atomic E-state index is 11.4. The van der Waals surface area contributed by atoms with Crippen molar-refractivity contribution in [2.45, 2.75) is 26.0 Å². The molecule has 0 bridgehead atoms. The van der Waals surface area contributed by atoms with Crippen molar-refractivity contribution in [1.29, 1.82) is 0 Å². The molecule has 1 unspecified atom stereocenters. The summed E-state index contributed by atoms with van der Waals surface area (Å²) in [4.78, 5) is 25.0. The lowest BCUT2D eigenvalue weighted by atomic mass is 10.3.